The summed E-state index contributed by atoms with van der Waals surface area (Å²) in [6.07, 6.45) is 3.25. The Hall–Kier alpha value is -2.30. The molecule has 0 spiro atoms. The summed E-state index contributed by atoms with van der Waals surface area (Å²) < 4.78 is 1.98. The number of carboxylic acid groups (broad SMARTS) is 1. The standard InChI is InChI=1S/C18H22N2O3/c1-2-20-15-10-6-3-7-12(15)11-16(20)17(21)19-14-9-5-4-8-13(14)18(22)23/h3,6-7,10-11,13-14H,2,4-5,8-9H2,1H3,(H,19,21)(H,22,23)/t13-,14+/m1/s1. The fraction of sp³-hybridized carbons (Fsp3) is 0.444. The van der Waals surface area contributed by atoms with E-state index >= 15 is 0 Å². The minimum Gasteiger partial charge on any atom is -0.481 e. The molecule has 1 amide bonds. The maximum absolute atomic E-state index is 12.7. The minimum absolute atomic E-state index is 0.179. The van der Waals surface area contributed by atoms with Crippen LogP contribution < -0.4 is 5.32 Å². The van der Waals surface area contributed by atoms with Gasteiger partial charge in [-0.1, -0.05) is 31.0 Å². The molecule has 2 aromatic rings. The fourth-order valence-electron chi connectivity index (χ4n) is 3.58. The van der Waals surface area contributed by atoms with Crippen molar-refractivity contribution in [2.45, 2.75) is 45.2 Å². The van der Waals surface area contributed by atoms with Crippen molar-refractivity contribution in [1.29, 1.82) is 0 Å². The van der Waals surface area contributed by atoms with E-state index in [1.165, 1.54) is 0 Å². The Balaban J connectivity index is 1.87. The number of nitrogens with one attached hydrogen (secondary N) is 1. The van der Waals surface area contributed by atoms with E-state index < -0.39 is 11.9 Å². The molecule has 5 heteroatoms. The van der Waals surface area contributed by atoms with E-state index in [-0.39, 0.29) is 11.9 Å². The van der Waals surface area contributed by atoms with Crippen LogP contribution in [0, 0.1) is 5.92 Å². The molecule has 1 saturated carbocycles. The minimum atomic E-state index is -0.814. The Morgan fingerprint density at radius 3 is 2.74 bits per heavy atom. The second-order valence-corrected chi connectivity index (χ2v) is 6.14. The number of benzene rings is 1. The Labute approximate surface area is 135 Å². The van der Waals surface area contributed by atoms with Gasteiger partial charge in [0.15, 0.2) is 0 Å². The Morgan fingerprint density at radius 1 is 1.26 bits per heavy atom. The van der Waals surface area contributed by atoms with Crippen LogP contribution in [0.2, 0.25) is 0 Å². The van der Waals surface area contributed by atoms with Gasteiger partial charge in [-0.25, -0.2) is 0 Å². The molecule has 1 fully saturated rings. The van der Waals surface area contributed by atoms with E-state index in [9.17, 15) is 14.7 Å². The predicted octanol–water partition coefficient (Wildman–Crippen LogP) is 3.03. The molecule has 1 aliphatic rings. The number of aromatic nitrogens is 1. The number of carbonyl (C=O) groups is 2. The second-order valence-electron chi connectivity index (χ2n) is 6.14. The van der Waals surface area contributed by atoms with Gasteiger partial charge >= 0.3 is 5.97 Å². The van der Waals surface area contributed by atoms with Crippen LogP contribution in [0.1, 0.15) is 43.1 Å². The third kappa shape index (κ3) is 2.96. The first kappa shape index (κ1) is 15.6. The van der Waals surface area contributed by atoms with Crippen molar-refractivity contribution in [3.05, 3.63) is 36.0 Å². The van der Waals surface area contributed by atoms with Gasteiger partial charge in [-0.3, -0.25) is 9.59 Å². The molecular weight excluding hydrogens is 292 g/mol. The molecule has 23 heavy (non-hydrogen) atoms. The van der Waals surface area contributed by atoms with Gasteiger partial charge in [-0.2, -0.15) is 0 Å². The summed E-state index contributed by atoms with van der Waals surface area (Å²) in [7, 11) is 0. The molecule has 1 aliphatic carbocycles. The first-order valence-electron chi connectivity index (χ1n) is 8.23. The molecule has 2 atom stereocenters. The van der Waals surface area contributed by atoms with Crippen molar-refractivity contribution in [3.8, 4) is 0 Å². The summed E-state index contributed by atoms with van der Waals surface area (Å²) in [6.45, 7) is 2.70. The van der Waals surface area contributed by atoms with Crippen molar-refractivity contribution >= 4 is 22.8 Å². The second kappa shape index (κ2) is 6.44. The molecule has 3 rings (SSSR count). The Kier molecular flexibility index (Phi) is 4.37. The van der Waals surface area contributed by atoms with Crippen molar-refractivity contribution in [3.63, 3.8) is 0 Å². The summed E-state index contributed by atoms with van der Waals surface area (Å²) >= 11 is 0. The van der Waals surface area contributed by atoms with Crippen molar-refractivity contribution in [1.82, 2.24) is 9.88 Å². The van der Waals surface area contributed by atoms with Crippen LogP contribution in [0.3, 0.4) is 0 Å². The van der Waals surface area contributed by atoms with Gasteiger partial charge in [0.2, 0.25) is 0 Å². The molecule has 0 bridgehead atoms. The van der Waals surface area contributed by atoms with Gasteiger partial charge in [0.1, 0.15) is 5.69 Å². The zero-order valence-electron chi connectivity index (χ0n) is 13.3. The van der Waals surface area contributed by atoms with E-state index in [0.29, 0.717) is 18.7 Å². The van der Waals surface area contributed by atoms with Crippen LogP contribution in [0.15, 0.2) is 30.3 Å². The van der Waals surface area contributed by atoms with Gasteiger partial charge in [0.25, 0.3) is 5.91 Å². The third-order valence-corrected chi connectivity index (χ3v) is 4.76. The normalized spacial score (nSPS) is 21.3. The van der Waals surface area contributed by atoms with Gasteiger partial charge in [-0.15, -0.1) is 0 Å². The molecule has 0 aliphatic heterocycles. The van der Waals surface area contributed by atoms with Crippen molar-refractivity contribution < 1.29 is 14.7 Å². The lowest BCUT2D eigenvalue weighted by atomic mass is 9.84. The van der Waals surface area contributed by atoms with Gasteiger partial charge in [-0.05, 0) is 31.9 Å². The molecule has 0 saturated heterocycles. The molecular formula is C18H22N2O3. The number of rotatable bonds is 4. The quantitative estimate of drug-likeness (QED) is 0.911. The van der Waals surface area contributed by atoms with Crippen LogP contribution in [-0.2, 0) is 11.3 Å². The van der Waals surface area contributed by atoms with Crippen LogP contribution in [0.4, 0.5) is 0 Å². The van der Waals surface area contributed by atoms with E-state index in [1.54, 1.807) is 0 Å². The maximum Gasteiger partial charge on any atom is 0.308 e. The number of amides is 1. The largest absolute Gasteiger partial charge is 0.481 e. The zero-order valence-corrected chi connectivity index (χ0v) is 13.3. The zero-order chi connectivity index (χ0) is 16.4. The Bertz CT molecular complexity index is 735. The summed E-state index contributed by atoms with van der Waals surface area (Å²) in [5, 5.41) is 13.3. The highest BCUT2D eigenvalue weighted by Crippen LogP contribution is 2.26. The number of para-hydroxylation sites is 1. The summed E-state index contributed by atoms with van der Waals surface area (Å²) in [4.78, 5) is 24.1. The fourth-order valence-corrected chi connectivity index (χ4v) is 3.58. The summed E-state index contributed by atoms with van der Waals surface area (Å²) in [6, 6.07) is 9.49. The average molecular weight is 314 g/mol. The highest BCUT2D eigenvalue weighted by Gasteiger charge is 2.32. The van der Waals surface area contributed by atoms with E-state index in [1.807, 2.05) is 41.8 Å². The van der Waals surface area contributed by atoms with Crippen LogP contribution in [-0.4, -0.2) is 27.6 Å². The number of carboxylic acids is 1. The Morgan fingerprint density at radius 2 is 2.00 bits per heavy atom. The number of aliphatic carboxylic acids is 1. The van der Waals surface area contributed by atoms with Gasteiger partial charge in [0.05, 0.1) is 5.92 Å². The smallest absolute Gasteiger partial charge is 0.308 e. The highest BCUT2D eigenvalue weighted by atomic mass is 16.4. The first-order chi connectivity index (χ1) is 11.1. The molecule has 122 valence electrons. The maximum atomic E-state index is 12.7. The number of carbonyl (C=O) groups excluding carboxylic acids is 1. The van der Waals surface area contributed by atoms with Crippen molar-refractivity contribution in [2.24, 2.45) is 5.92 Å². The van der Waals surface area contributed by atoms with Crippen LogP contribution in [0.25, 0.3) is 10.9 Å². The monoisotopic (exact) mass is 314 g/mol. The summed E-state index contributed by atoms with van der Waals surface area (Å²) in [5.41, 5.74) is 1.63. The van der Waals surface area contributed by atoms with Crippen LogP contribution in [0.5, 0.6) is 0 Å². The number of hydrogen-bond donors (Lipinski definition) is 2. The third-order valence-electron chi connectivity index (χ3n) is 4.76. The van der Waals surface area contributed by atoms with Gasteiger partial charge < -0.3 is 15.0 Å². The number of fused-ring (bicyclic) bond motifs is 1. The number of hydrogen-bond acceptors (Lipinski definition) is 2. The first-order valence-corrected chi connectivity index (χ1v) is 8.23. The molecule has 2 N–H and O–H groups in total. The summed E-state index contributed by atoms with van der Waals surface area (Å²) in [5.74, 6) is -1.47. The molecule has 1 aromatic carbocycles. The number of aryl methyl sites for hydroxylation is 1. The molecule has 5 nitrogen and oxygen atoms in total. The number of nitrogens with zero attached hydrogens (tertiary/aromatic N) is 1. The average Bonchev–Trinajstić information content (AvgIpc) is 2.93. The molecule has 1 heterocycles. The molecule has 0 radical (unpaired) electrons. The lowest BCUT2D eigenvalue weighted by molar-refractivity contribution is -0.143. The predicted molar refractivity (Wildman–Crippen MR) is 88.5 cm³/mol. The van der Waals surface area contributed by atoms with E-state index in [2.05, 4.69) is 5.32 Å². The topological polar surface area (TPSA) is 71.3 Å². The lowest BCUT2D eigenvalue weighted by Crippen LogP contribution is -2.45. The lowest BCUT2D eigenvalue weighted by Gasteiger charge is -2.29. The van der Waals surface area contributed by atoms with Crippen molar-refractivity contribution in [2.75, 3.05) is 0 Å². The van der Waals surface area contributed by atoms with Crippen LogP contribution >= 0.6 is 0 Å². The highest BCUT2D eigenvalue weighted by molar-refractivity contribution is 5.99. The SMILES string of the molecule is CCn1c(C(=O)N[C@H]2CCCC[C@H]2C(=O)O)cc2ccccc21. The molecule has 1 aromatic heterocycles. The molecule has 0 unspecified atom stereocenters. The van der Waals surface area contributed by atoms with E-state index in [4.69, 9.17) is 0 Å². The van der Waals surface area contributed by atoms with Gasteiger partial charge in [0, 0.05) is 23.5 Å². The van der Waals surface area contributed by atoms with E-state index in [0.717, 1.165) is 30.2 Å².